The van der Waals surface area contributed by atoms with Crippen molar-refractivity contribution in [2.45, 2.75) is 39.1 Å². The zero-order valence-corrected chi connectivity index (χ0v) is 18.4. The SMILES string of the molecule is C/C=C/c1ccccc1OCc1csc(C(=O)N2CCC(C(F)(F)F)n3nc(C)cc32)c1. The smallest absolute Gasteiger partial charge is 0.410 e. The average Bonchev–Trinajstić information content (AvgIpc) is 3.37. The van der Waals surface area contributed by atoms with Gasteiger partial charge < -0.3 is 4.74 Å². The zero-order valence-electron chi connectivity index (χ0n) is 17.6. The molecule has 1 amide bonds. The van der Waals surface area contributed by atoms with Crippen LogP contribution in [0.1, 0.15) is 45.9 Å². The van der Waals surface area contributed by atoms with E-state index in [1.807, 2.05) is 48.7 Å². The summed E-state index contributed by atoms with van der Waals surface area (Å²) in [7, 11) is 0. The van der Waals surface area contributed by atoms with E-state index in [-0.39, 0.29) is 31.3 Å². The number of carbonyl (C=O) groups excluding carboxylic acids is 1. The minimum atomic E-state index is -4.42. The van der Waals surface area contributed by atoms with E-state index in [2.05, 4.69) is 5.10 Å². The number of thiophene rings is 1. The van der Waals surface area contributed by atoms with Gasteiger partial charge in [-0.25, -0.2) is 4.68 Å². The molecule has 1 aromatic carbocycles. The van der Waals surface area contributed by atoms with Crippen molar-refractivity contribution in [3.63, 3.8) is 0 Å². The van der Waals surface area contributed by atoms with Crippen LogP contribution in [-0.2, 0) is 6.61 Å². The summed E-state index contributed by atoms with van der Waals surface area (Å²) >= 11 is 1.25. The minimum Gasteiger partial charge on any atom is -0.488 e. The molecule has 5 nitrogen and oxygen atoms in total. The number of rotatable bonds is 5. The maximum atomic E-state index is 13.4. The molecule has 1 aliphatic heterocycles. The summed E-state index contributed by atoms with van der Waals surface area (Å²) in [5.74, 6) is 0.572. The molecule has 0 aliphatic carbocycles. The number of alkyl halides is 3. The summed E-state index contributed by atoms with van der Waals surface area (Å²) in [6.45, 7) is 3.81. The molecule has 9 heteroatoms. The highest BCUT2D eigenvalue weighted by Crippen LogP contribution is 2.40. The number of allylic oxidation sites excluding steroid dienone is 1. The van der Waals surface area contributed by atoms with Crippen LogP contribution in [0.3, 0.4) is 0 Å². The van der Waals surface area contributed by atoms with Gasteiger partial charge in [0.1, 0.15) is 18.2 Å². The first-order valence-corrected chi connectivity index (χ1v) is 11.0. The van der Waals surface area contributed by atoms with Crippen molar-refractivity contribution < 1.29 is 22.7 Å². The molecule has 3 heterocycles. The highest BCUT2D eigenvalue weighted by Gasteiger charge is 2.46. The molecule has 0 bridgehead atoms. The summed E-state index contributed by atoms with van der Waals surface area (Å²) in [6.07, 6.45) is -0.767. The summed E-state index contributed by atoms with van der Waals surface area (Å²) in [5, 5.41) is 5.83. The molecule has 32 heavy (non-hydrogen) atoms. The molecule has 1 aliphatic rings. The molecular weight excluding hydrogens is 439 g/mol. The molecule has 1 atom stereocenters. The molecule has 0 saturated heterocycles. The number of hydrogen-bond donors (Lipinski definition) is 0. The lowest BCUT2D eigenvalue weighted by Gasteiger charge is -2.33. The van der Waals surface area contributed by atoms with Gasteiger partial charge in [0.25, 0.3) is 5.91 Å². The monoisotopic (exact) mass is 461 g/mol. The number of anilines is 1. The second-order valence-corrected chi connectivity index (χ2v) is 8.45. The quantitative estimate of drug-likeness (QED) is 0.467. The number of amides is 1. The number of aromatic nitrogens is 2. The first kappa shape index (κ1) is 22.1. The van der Waals surface area contributed by atoms with E-state index in [1.54, 1.807) is 13.0 Å². The molecule has 0 N–H and O–H groups in total. The molecule has 2 aromatic heterocycles. The Kier molecular flexibility index (Phi) is 6.10. The first-order chi connectivity index (χ1) is 15.3. The summed E-state index contributed by atoms with van der Waals surface area (Å²) in [5.41, 5.74) is 2.22. The molecule has 168 valence electrons. The van der Waals surface area contributed by atoms with Crippen molar-refractivity contribution in [3.8, 4) is 5.75 Å². The molecule has 0 saturated carbocycles. The van der Waals surface area contributed by atoms with Crippen molar-refractivity contribution in [2.24, 2.45) is 0 Å². The van der Waals surface area contributed by atoms with Crippen LogP contribution in [0.25, 0.3) is 6.08 Å². The first-order valence-electron chi connectivity index (χ1n) is 10.1. The Hall–Kier alpha value is -3.07. The molecule has 3 aromatic rings. The molecule has 0 spiro atoms. The Morgan fingerprint density at radius 3 is 2.84 bits per heavy atom. The van der Waals surface area contributed by atoms with Gasteiger partial charge in [0.15, 0.2) is 6.04 Å². The van der Waals surface area contributed by atoms with Crippen molar-refractivity contribution in [2.75, 3.05) is 11.4 Å². The van der Waals surface area contributed by atoms with Gasteiger partial charge >= 0.3 is 6.18 Å². The number of para-hydroxylation sites is 1. The van der Waals surface area contributed by atoms with Crippen LogP contribution in [0, 0.1) is 6.92 Å². The van der Waals surface area contributed by atoms with Gasteiger partial charge in [-0.05, 0) is 37.8 Å². The zero-order chi connectivity index (χ0) is 22.9. The van der Waals surface area contributed by atoms with Crippen LogP contribution < -0.4 is 9.64 Å². The van der Waals surface area contributed by atoms with Crippen LogP contribution in [-0.4, -0.2) is 28.4 Å². The summed E-state index contributed by atoms with van der Waals surface area (Å²) in [6, 6.07) is 9.17. The van der Waals surface area contributed by atoms with Gasteiger partial charge in [-0.2, -0.15) is 18.3 Å². The van der Waals surface area contributed by atoms with E-state index in [0.717, 1.165) is 21.6 Å². The van der Waals surface area contributed by atoms with E-state index < -0.39 is 12.2 Å². The van der Waals surface area contributed by atoms with Crippen LogP contribution in [0.15, 0.2) is 47.9 Å². The van der Waals surface area contributed by atoms with Gasteiger partial charge in [-0.3, -0.25) is 9.69 Å². The van der Waals surface area contributed by atoms with Gasteiger partial charge in [-0.15, -0.1) is 11.3 Å². The average molecular weight is 462 g/mol. The van der Waals surface area contributed by atoms with Gasteiger partial charge in [0, 0.05) is 23.7 Å². The third-order valence-corrected chi connectivity index (χ3v) is 6.15. The predicted molar refractivity (Wildman–Crippen MR) is 118 cm³/mol. The maximum absolute atomic E-state index is 13.4. The Morgan fingerprint density at radius 2 is 2.09 bits per heavy atom. The standard InChI is InChI=1S/C23H22F3N3O2S/c1-3-6-17-7-4-5-8-18(17)31-13-16-12-19(32-14-16)22(30)28-10-9-20(23(24,25)26)29-21(28)11-15(2)27-29/h3-8,11-12,14,20H,9-10,13H2,1-2H3/b6-3+. The molecule has 0 radical (unpaired) electrons. The fraction of sp³-hybridized carbons (Fsp3) is 0.304. The summed E-state index contributed by atoms with van der Waals surface area (Å²) < 4.78 is 47.1. The second kappa shape index (κ2) is 8.82. The highest BCUT2D eigenvalue weighted by molar-refractivity contribution is 7.12. The number of carbonyl (C=O) groups is 1. The normalized spacial score (nSPS) is 16.4. The Balaban J connectivity index is 1.51. The highest BCUT2D eigenvalue weighted by atomic mass is 32.1. The largest absolute Gasteiger partial charge is 0.488 e. The van der Waals surface area contributed by atoms with Crippen LogP contribution in [0.4, 0.5) is 19.0 Å². The van der Waals surface area contributed by atoms with Crippen molar-refractivity contribution in [1.82, 2.24) is 9.78 Å². The Morgan fingerprint density at radius 1 is 1.31 bits per heavy atom. The number of nitrogens with zero attached hydrogens (tertiary/aromatic N) is 3. The van der Waals surface area contributed by atoms with Crippen molar-refractivity contribution in [1.29, 1.82) is 0 Å². The van der Waals surface area contributed by atoms with E-state index >= 15 is 0 Å². The molecule has 0 fully saturated rings. The number of hydrogen-bond acceptors (Lipinski definition) is 4. The third kappa shape index (κ3) is 4.43. The van der Waals surface area contributed by atoms with E-state index in [1.165, 1.54) is 22.3 Å². The van der Waals surface area contributed by atoms with Crippen LogP contribution in [0.5, 0.6) is 5.75 Å². The van der Waals surface area contributed by atoms with Gasteiger partial charge in [0.2, 0.25) is 0 Å². The molecule has 1 unspecified atom stereocenters. The second-order valence-electron chi connectivity index (χ2n) is 7.54. The number of ether oxygens (including phenoxy) is 1. The van der Waals surface area contributed by atoms with Crippen LogP contribution >= 0.6 is 11.3 Å². The lowest BCUT2D eigenvalue weighted by Crippen LogP contribution is -2.42. The van der Waals surface area contributed by atoms with E-state index in [0.29, 0.717) is 10.6 Å². The Labute approximate surface area is 187 Å². The molecule has 4 rings (SSSR count). The minimum absolute atomic E-state index is 0.0192. The topological polar surface area (TPSA) is 47.4 Å². The predicted octanol–water partition coefficient (Wildman–Crippen LogP) is 6.02. The Bertz CT molecular complexity index is 1150. The number of aryl methyl sites for hydroxylation is 1. The van der Waals surface area contributed by atoms with Crippen molar-refractivity contribution >= 4 is 29.1 Å². The van der Waals surface area contributed by atoms with Gasteiger partial charge in [0.05, 0.1) is 10.6 Å². The third-order valence-electron chi connectivity index (χ3n) is 5.18. The number of halogens is 3. The number of benzene rings is 1. The summed E-state index contributed by atoms with van der Waals surface area (Å²) in [4.78, 5) is 14.9. The van der Waals surface area contributed by atoms with Crippen molar-refractivity contribution in [3.05, 3.63) is 69.6 Å². The lowest BCUT2D eigenvalue weighted by molar-refractivity contribution is -0.172. The van der Waals surface area contributed by atoms with Crippen LogP contribution in [0.2, 0.25) is 0 Å². The van der Waals surface area contributed by atoms with Gasteiger partial charge in [-0.1, -0.05) is 30.4 Å². The maximum Gasteiger partial charge on any atom is 0.410 e. The fourth-order valence-electron chi connectivity index (χ4n) is 3.72. The number of fused-ring (bicyclic) bond motifs is 1. The fourth-order valence-corrected chi connectivity index (χ4v) is 4.56. The van der Waals surface area contributed by atoms with E-state index in [4.69, 9.17) is 4.74 Å². The van der Waals surface area contributed by atoms with E-state index in [9.17, 15) is 18.0 Å². The molecular formula is C23H22F3N3O2S. The lowest BCUT2D eigenvalue weighted by atomic mass is 10.1.